The molecule has 32 heavy (non-hydrogen) atoms. The fourth-order valence-electron chi connectivity index (χ4n) is 3.13. The summed E-state index contributed by atoms with van der Waals surface area (Å²) in [4.78, 5) is 2.54. The molecule has 1 heterocycles. The molecule has 9 heteroatoms. The Morgan fingerprint density at radius 1 is 0.656 bits per heavy atom. The van der Waals surface area contributed by atoms with Crippen LogP contribution in [0.25, 0.3) is 0 Å². The van der Waals surface area contributed by atoms with E-state index in [9.17, 15) is 8.42 Å². The SMILES string of the molecule is CS(=O)(=O)c1ccc(N=Nc2ccc(N=Nc3ccc(N4CCOCC4)cc3)cc2)cc1. The fourth-order valence-corrected chi connectivity index (χ4v) is 3.76. The van der Waals surface area contributed by atoms with E-state index in [1.807, 2.05) is 36.4 Å². The minimum Gasteiger partial charge on any atom is -0.378 e. The van der Waals surface area contributed by atoms with Gasteiger partial charge in [0.2, 0.25) is 0 Å². The Hall–Kier alpha value is -3.43. The zero-order valence-electron chi connectivity index (χ0n) is 17.6. The smallest absolute Gasteiger partial charge is 0.175 e. The number of sulfone groups is 1. The highest BCUT2D eigenvalue weighted by molar-refractivity contribution is 7.90. The van der Waals surface area contributed by atoms with Gasteiger partial charge in [0, 0.05) is 25.0 Å². The molecule has 0 aromatic heterocycles. The van der Waals surface area contributed by atoms with E-state index >= 15 is 0 Å². The van der Waals surface area contributed by atoms with Crippen molar-refractivity contribution in [3.8, 4) is 0 Å². The number of morpholine rings is 1. The number of azo groups is 2. The molecule has 0 atom stereocenters. The number of benzene rings is 3. The average molecular weight is 450 g/mol. The normalized spacial score (nSPS) is 15.0. The van der Waals surface area contributed by atoms with Crippen LogP contribution in [-0.4, -0.2) is 41.0 Å². The first-order valence-corrected chi connectivity index (χ1v) is 12.0. The van der Waals surface area contributed by atoms with Crippen LogP contribution >= 0.6 is 0 Å². The Bertz CT molecular complexity index is 1200. The van der Waals surface area contributed by atoms with Crippen molar-refractivity contribution in [1.82, 2.24) is 0 Å². The molecule has 0 N–H and O–H groups in total. The molecule has 1 aliphatic rings. The predicted molar refractivity (Wildman–Crippen MR) is 124 cm³/mol. The van der Waals surface area contributed by atoms with Gasteiger partial charge in [0.05, 0.1) is 40.9 Å². The van der Waals surface area contributed by atoms with Crippen molar-refractivity contribution in [3.05, 3.63) is 72.8 Å². The second-order valence-electron chi connectivity index (χ2n) is 7.30. The van der Waals surface area contributed by atoms with Crippen LogP contribution in [0.4, 0.5) is 28.4 Å². The van der Waals surface area contributed by atoms with Crippen LogP contribution in [-0.2, 0) is 14.6 Å². The second-order valence-corrected chi connectivity index (χ2v) is 9.31. The first-order valence-electron chi connectivity index (χ1n) is 10.1. The molecule has 3 aromatic carbocycles. The van der Waals surface area contributed by atoms with Gasteiger partial charge in [-0.1, -0.05) is 0 Å². The molecule has 1 fully saturated rings. The van der Waals surface area contributed by atoms with E-state index in [1.165, 1.54) is 18.4 Å². The average Bonchev–Trinajstić information content (AvgIpc) is 2.83. The van der Waals surface area contributed by atoms with Gasteiger partial charge in [0.15, 0.2) is 9.84 Å². The highest BCUT2D eigenvalue weighted by Gasteiger charge is 2.10. The number of ether oxygens (including phenoxy) is 1. The van der Waals surface area contributed by atoms with Gasteiger partial charge >= 0.3 is 0 Å². The van der Waals surface area contributed by atoms with Crippen LogP contribution in [0.5, 0.6) is 0 Å². The summed E-state index contributed by atoms with van der Waals surface area (Å²) in [5.74, 6) is 0. The first-order chi connectivity index (χ1) is 15.5. The van der Waals surface area contributed by atoms with Crippen LogP contribution < -0.4 is 4.90 Å². The van der Waals surface area contributed by atoms with Crippen LogP contribution in [0, 0.1) is 0 Å². The van der Waals surface area contributed by atoms with Crippen molar-refractivity contribution >= 4 is 38.3 Å². The molecule has 164 valence electrons. The van der Waals surface area contributed by atoms with Crippen molar-refractivity contribution in [3.63, 3.8) is 0 Å². The van der Waals surface area contributed by atoms with Gasteiger partial charge in [0.25, 0.3) is 0 Å². The first kappa shape index (κ1) is 21.8. The summed E-state index contributed by atoms with van der Waals surface area (Å²) < 4.78 is 28.4. The third kappa shape index (κ3) is 5.83. The minimum atomic E-state index is -3.22. The summed E-state index contributed by atoms with van der Waals surface area (Å²) in [5, 5.41) is 16.9. The Morgan fingerprint density at radius 3 is 1.44 bits per heavy atom. The molecule has 8 nitrogen and oxygen atoms in total. The monoisotopic (exact) mass is 449 g/mol. The Labute approximate surface area is 187 Å². The second kappa shape index (κ2) is 9.80. The van der Waals surface area contributed by atoms with Gasteiger partial charge in [-0.25, -0.2) is 8.42 Å². The van der Waals surface area contributed by atoms with Gasteiger partial charge in [0.1, 0.15) is 0 Å². The summed E-state index contributed by atoms with van der Waals surface area (Å²) >= 11 is 0. The lowest BCUT2D eigenvalue weighted by atomic mass is 10.2. The van der Waals surface area contributed by atoms with E-state index in [0.717, 1.165) is 37.7 Å². The van der Waals surface area contributed by atoms with E-state index < -0.39 is 9.84 Å². The predicted octanol–water partition coefficient (Wildman–Crippen LogP) is 5.76. The molecule has 0 saturated carbocycles. The maximum Gasteiger partial charge on any atom is 0.175 e. The number of rotatable bonds is 6. The molecule has 0 unspecified atom stereocenters. The minimum absolute atomic E-state index is 0.252. The zero-order valence-corrected chi connectivity index (χ0v) is 18.4. The van der Waals surface area contributed by atoms with E-state index in [-0.39, 0.29) is 4.90 Å². The quantitative estimate of drug-likeness (QED) is 0.447. The lowest BCUT2D eigenvalue weighted by molar-refractivity contribution is 0.122. The third-order valence-electron chi connectivity index (χ3n) is 4.90. The maximum atomic E-state index is 11.5. The molecule has 0 aliphatic carbocycles. The maximum absolute atomic E-state index is 11.5. The van der Waals surface area contributed by atoms with Crippen LogP contribution in [0.3, 0.4) is 0 Å². The topological polar surface area (TPSA) is 96.0 Å². The molecule has 0 amide bonds. The highest BCUT2D eigenvalue weighted by atomic mass is 32.2. The van der Waals surface area contributed by atoms with Crippen LogP contribution in [0.1, 0.15) is 0 Å². The number of hydrogen-bond acceptors (Lipinski definition) is 8. The van der Waals surface area contributed by atoms with Gasteiger partial charge < -0.3 is 9.64 Å². The van der Waals surface area contributed by atoms with Gasteiger partial charge in [-0.05, 0) is 72.8 Å². The third-order valence-corrected chi connectivity index (χ3v) is 6.03. The largest absolute Gasteiger partial charge is 0.378 e. The van der Waals surface area contributed by atoms with Gasteiger partial charge in [-0.15, -0.1) is 0 Å². The van der Waals surface area contributed by atoms with Crippen molar-refractivity contribution in [1.29, 1.82) is 0 Å². The van der Waals surface area contributed by atoms with Gasteiger partial charge in [-0.2, -0.15) is 20.5 Å². The molecule has 3 aromatic rings. The number of hydrogen-bond donors (Lipinski definition) is 0. The van der Waals surface area contributed by atoms with Crippen molar-refractivity contribution < 1.29 is 13.2 Å². The molecule has 1 saturated heterocycles. The van der Waals surface area contributed by atoms with Crippen LogP contribution in [0.2, 0.25) is 0 Å². The molecule has 0 bridgehead atoms. The molecule has 1 aliphatic heterocycles. The standard InChI is InChI=1S/C23H23N5O3S/c1-32(29,30)23-12-8-21(9-13-23)27-25-19-4-2-18(3-5-19)24-26-20-6-10-22(11-7-20)28-14-16-31-17-15-28/h2-13H,14-17H2,1H3. The van der Waals surface area contributed by atoms with Crippen LogP contribution in [0.15, 0.2) is 98.1 Å². The van der Waals surface area contributed by atoms with Crippen molar-refractivity contribution in [2.24, 2.45) is 20.5 Å². The van der Waals surface area contributed by atoms with Crippen molar-refractivity contribution in [2.75, 3.05) is 37.5 Å². The Morgan fingerprint density at radius 2 is 1.03 bits per heavy atom. The van der Waals surface area contributed by atoms with Crippen molar-refractivity contribution in [2.45, 2.75) is 4.90 Å². The molecular weight excluding hydrogens is 426 g/mol. The fraction of sp³-hybridized carbons (Fsp3) is 0.217. The van der Waals surface area contributed by atoms with E-state index in [0.29, 0.717) is 17.1 Å². The summed E-state index contributed by atoms with van der Waals surface area (Å²) in [6, 6.07) is 21.5. The molecule has 4 rings (SSSR count). The summed E-state index contributed by atoms with van der Waals surface area (Å²) in [5.41, 5.74) is 3.88. The summed E-state index contributed by atoms with van der Waals surface area (Å²) in [6.45, 7) is 3.31. The highest BCUT2D eigenvalue weighted by Crippen LogP contribution is 2.25. The Kier molecular flexibility index (Phi) is 6.67. The zero-order chi connectivity index (χ0) is 22.4. The number of anilines is 1. The lowest BCUT2D eigenvalue weighted by Gasteiger charge is -2.28. The van der Waals surface area contributed by atoms with E-state index in [1.54, 1.807) is 24.3 Å². The van der Waals surface area contributed by atoms with Gasteiger partial charge in [-0.3, -0.25) is 0 Å². The molecular formula is C23H23N5O3S. The summed E-state index contributed by atoms with van der Waals surface area (Å²) in [7, 11) is -3.22. The lowest BCUT2D eigenvalue weighted by Crippen LogP contribution is -2.36. The molecule has 0 spiro atoms. The number of nitrogens with zero attached hydrogens (tertiary/aromatic N) is 5. The Balaban J connectivity index is 1.36. The van der Waals surface area contributed by atoms with E-state index in [2.05, 4.69) is 25.4 Å². The summed E-state index contributed by atoms with van der Waals surface area (Å²) in [6.07, 6.45) is 1.17. The van der Waals surface area contributed by atoms with E-state index in [4.69, 9.17) is 4.74 Å². The molecule has 0 radical (unpaired) electrons.